The van der Waals surface area contributed by atoms with Crippen LogP contribution in [0, 0.1) is 17.8 Å². The van der Waals surface area contributed by atoms with Gasteiger partial charge in [-0.2, -0.15) is 0 Å². The summed E-state index contributed by atoms with van der Waals surface area (Å²) in [5.41, 5.74) is 0. The Kier molecular flexibility index (Phi) is 4.43. The van der Waals surface area contributed by atoms with Gasteiger partial charge in [0.1, 0.15) is 0 Å². The molecule has 1 nitrogen and oxygen atoms in total. The summed E-state index contributed by atoms with van der Waals surface area (Å²) >= 11 is 0. The van der Waals surface area contributed by atoms with E-state index in [4.69, 9.17) is 0 Å². The molecule has 0 saturated heterocycles. The van der Waals surface area contributed by atoms with Crippen LogP contribution in [0.25, 0.3) is 0 Å². The Bertz CT molecular complexity index is 207. The van der Waals surface area contributed by atoms with Crippen LogP contribution in [0.5, 0.6) is 0 Å². The fourth-order valence-corrected chi connectivity index (χ4v) is 3.82. The highest BCUT2D eigenvalue weighted by atomic mass is 14.7. The second kappa shape index (κ2) is 5.84. The van der Waals surface area contributed by atoms with Crippen LogP contribution in [-0.2, 0) is 0 Å². The normalized spacial score (nSPS) is 40.6. The number of rotatable bonds is 3. The van der Waals surface area contributed by atoms with Crippen LogP contribution in [0.3, 0.4) is 0 Å². The predicted octanol–water partition coefficient (Wildman–Crippen LogP) is 4.46. The van der Waals surface area contributed by atoms with E-state index in [0.717, 1.165) is 17.8 Å². The maximum Gasteiger partial charge on any atom is 0.0492 e. The van der Waals surface area contributed by atoms with E-state index in [1.165, 1.54) is 57.8 Å². The highest BCUT2D eigenvalue weighted by Gasteiger charge is 2.29. The van der Waals surface area contributed by atoms with E-state index < -0.39 is 0 Å². The number of hydrogen-bond donors (Lipinski definition) is 0. The van der Waals surface area contributed by atoms with E-state index in [0.29, 0.717) is 6.04 Å². The van der Waals surface area contributed by atoms with Crippen molar-refractivity contribution in [2.75, 3.05) is 0 Å². The van der Waals surface area contributed by atoms with Crippen molar-refractivity contribution in [3.8, 4) is 0 Å². The largest absolute Gasteiger partial charge is 0.298 e. The SMILES string of the molecule is C=NC1CCC(C2CCC(CC)CC2)CC1. The lowest BCUT2D eigenvalue weighted by Gasteiger charge is -2.36. The molecule has 0 aromatic rings. The molecule has 1 heteroatoms. The molecule has 0 N–H and O–H groups in total. The summed E-state index contributed by atoms with van der Waals surface area (Å²) < 4.78 is 0. The van der Waals surface area contributed by atoms with Gasteiger partial charge in [-0.15, -0.1) is 0 Å². The zero-order valence-electron chi connectivity index (χ0n) is 10.8. The van der Waals surface area contributed by atoms with Crippen LogP contribution in [0.2, 0.25) is 0 Å². The van der Waals surface area contributed by atoms with Gasteiger partial charge in [-0.1, -0.05) is 26.2 Å². The van der Waals surface area contributed by atoms with Crippen LogP contribution >= 0.6 is 0 Å². The Balaban J connectivity index is 1.75. The predicted molar refractivity (Wildman–Crippen MR) is 71.0 cm³/mol. The molecule has 2 aliphatic carbocycles. The van der Waals surface area contributed by atoms with Crippen molar-refractivity contribution in [3.05, 3.63) is 0 Å². The summed E-state index contributed by atoms with van der Waals surface area (Å²) in [4.78, 5) is 4.20. The molecule has 2 rings (SSSR count). The second-order valence-corrected chi connectivity index (χ2v) is 5.94. The first-order chi connectivity index (χ1) is 7.83. The number of hydrogen-bond acceptors (Lipinski definition) is 1. The first kappa shape index (κ1) is 12.1. The van der Waals surface area contributed by atoms with Crippen LogP contribution in [0.15, 0.2) is 4.99 Å². The molecule has 2 saturated carbocycles. The summed E-state index contributed by atoms with van der Waals surface area (Å²) in [7, 11) is 0. The molecule has 0 amide bonds. The van der Waals surface area contributed by atoms with Crippen LogP contribution in [0.1, 0.15) is 64.7 Å². The standard InChI is InChI=1S/C15H27N/c1-3-12-4-6-13(7-5-12)14-8-10-15(16-2)11-9-14/h12-15H,2-11H2,1H3. The van der Waals surface area contributed by atoms with Crippen molar-refractivity contribution in [1.82, 2.24) is 0 Å². The Morgan fingerprint density at radius 3 is 1.81 bits per heavy atom. The fourth-order valence-electron chi connectivity index (χ4n) is 3.82. The third-order valence-corrected chi connectivity index (χ3v) is 5.13. The topological polar surface area (TPSA) is 12.4 Å². The average Bonchev–Trinajstić information content (AvgIpc) is 2.39. The first-order valence-electron chi connectivity index (χ1n) is 7.29. The lowest BCUT2D eigenvalue weighted by molar-refractivity contribution is 0.159. The minimum Gasteiger partial charge on any atom is -0.298 e. The first-order valence-corrected chi connectivity index (χ1v) is 7.29. The summed E-state index contributed by atoms with van der Waals surface area (Å²) in [6.07, 6.45) is 12.9. The summed E-state index contributed by atoms with van der Waals surface area (Å²) in [5.74, 6) is 3.12. The van der Waals surface area contributed by atoms with Crippen LogP contribution < -0.4 is 0 Å². The molecule has 0 radical (unpaired) electrons. The molecular weight excluding hydrogens is 194 g/mol. The van der Waals surface area contributed by atoms with Crippen molar-refractivity contribution in [1.29, 1.82) is 0 Å². The van der Waals surface area contributed by atoms with Crippen molar-refractivity contribution in [2.24, 2.45) is 22.7 Å². The zero-order valence-corrected chi connectivity index (χ0v) is 10.8. The van der Waals surface area contributed by atoms with E-state index in [-0.39, 0.29) is 0 Å². The Morgan fingerprint density at radius 2 is 1.38 bits per heavy atom. The van der Waals surface area contributed by atoms with Gasteiger partial charge in [0, 0.05) is 6.04 Å². The van der Waals surface area contributed by atoms with Gasteiger partial charge in [-0.3, -0.25) is 4.99 Å². The molecule has 2 aliphatic rings. The molecule has 0 aromatic carbocycles. The van der Waals surface area contributed by atoms with E-state index >= 15 is 0 Å². The van der Waals surface area contributed by atoms with Crippen molar-refractivity contribution in [3.63, 3.8) is 0 Å². The van der Waals surface area contributed by atoms with Crippen LogP contribution in [-0.4, -0.2) is 12.8 Å². The van der Waals surface area contributed by atoms with Gasteiger partial charge >= 0.3 is 0 Å². The quantitative estimate of drug-likeness (QED) is 0.624. The molecule has 0 atom stereocenters. The van der Waals surface area contributed by atoms with Gasteiger partial charge < -0.3 is 0 Å². The number of nitrogens with zero attached hydrogens (tertiary/aromatic N) is 1. The molecule has 0 spiro atoms. The zero-order chi connectivity index (χ0) is 11.4. The highest BCUT2D eigenvalue weighted by Crippen LogP contribution is 2.40. The Morgan fingerprint density at radius 1 is 0.875 bits per heavy atom. The number of aliphatic imine (C=N–C) groups is 1. The third kappa shape index (κ3) is 2.87. The lowest BCUT2D eigenvalue weighted by atomic mass is 9.70. The molecule has 16 heavy (non-hydrogen) atoms. The minimum atomic E-state index is 0.586. The summed E-state index contributed by atoms with van der Waals surface area (Å²) in [6.45, 7) is 6.05. The summed E-state index contributed by atoms with van der Waals surface area (Å²) in [6, 6.07) is 0.586. The Labute approximate surface area is 101 Å². The molecule has 2 fully saturated rings. The molecule has 0 bridgehead atoms. The van der Waals surface area contributed by atoms with Crippen LogP contribution in [0.4, 0.5) is 0 Å². The molecule has 92 valence electrons. The third-order valence-electron chi connectivity index (χ3n) is 5.13. The van der Waals surface area contributed by atoms with E-state index in [2.05, 4.69) is 18.6 Å². The molecule has 0 heterocycles. The van der Waals surface area contributed by atoms with Gasteiger partial charge in [0.15, 0.2) is 0 Å². The van der Waals surface area contributed by atoms with Crippen molar-refractivity contribution < 1.29 is 0 Å². The van der Waals surface area contributed by atoms with Gasteiger partial charge in [-0.05, 0) is 63.0 Å². The van der Waals surface area contributed by atoms with Crippen molar-refractivity contribution >= 4 is 6.72 Å². The maximum absolute atomic E-state index is 4.20. The molecular formula is C15H27N. The molecule has 0 unspecified atom stereocenters. The summed E-state index contributed by atoms with van der Waals surface area (Å²) in [5, 5.41) is 0. The van der Waals surface area contributed by atoms with Crippen molar-refractivity contribution in [2.45, 2.75) is 70.8 Å². The van der Waals surface area contributed by atoms with E-state index in [1.807, 2.05) is 0 Å². The monoisotopic (exact) mass is 221 g/mol. The Hall–Kier alpha value is -0.330. The average molecular weight is 221 g/mol. The lowest BCUT2D eigenvalue weighted by Crippen LogP contribution is -2.26. The highest BCUT2D eigenvalue weighted by molar-refractivity contribution is 5.24. The van der Waals surface area contributed by atoms with Gasteiger partial charge in [0.25, 0.3) is 0 Å². The van der Waals surface area contributed by atoms with E-state index in [1.54, 1.807) is 0 Å². The maximum atomic E-state index is 4.20. The van der Waals surface area contributed by atoms with E-state index in [9.17, 15) is 0 Å². The second-order valence-electron chi connectivity index (χ2n) is 5.94. The molecule has 0 aliphatic heterocycles. The van der Waals surface area contributed by atoms with Gasteiger partial charge in [0.05, 0.1) is 0 Å². The van der Waals surface area contributed by atoms with Gasteiger partial charge in [-0.25, -0.2) is 0 Å². The van der Waals surface area contributed by atoms with Gasteiger partial charge in [0.2, 0.25) is 0 Å². The smallest absolute Gasteiger partial charge is 0.0492 e. The minimum absolute atomic E-state index is 0.586. The fraction of sp³-hybridized carbons (Fsp3) is 0.933. The molecule has 0 aromatic heterocycles.